The number of esters is 1. The Kier molecular flexibility index (Phi) is 64.9. The summed E-state index contributed by atoms with van der Waals surface area (Å²) in [4.78, 5) is 20.6. The molecule has 0 bridgehead atoms. The number of hydrogen-bond acceptors (Lipinski definition) is 10. The van der Waals surface area contributed by atoms with Crippen LogP contribution in [0.3, 0.4) is 0 Å². The number of rotatable bonds is 37. The van der Waals surface area contributed by atoms with Gasteiger partial charge in [-0.05, 0) is 82.6 Å². The van der Waals surface area contributed by atoms with Crippen LogP contribution in [0.4, 0.5) is 0 Å². The van der Waals surface area contributed by atoms with Crippen molar-refractivity contribution >= 4 is 20.5 Å². The molecule has 4 atom stereocenters. The highest BCUT2D eigenvalue weighted by Crippen LogP contribution is 2.39. The molecule has 3 unspecified atom stereocenters. The summed E-state index contributed by atoms with van der Waals surface area (Å²) in [5.41, 5.74) is 0.185. The van der Waals surface area contributed by atoms with Gasteiger partial charge in [0, 0.05) is 6.42 Å². The number of aliphatic hydroxyl groups is 6. The third-order valence-electron chi connectivity index (χ3n) is 11.2. The maximum atomic E-state index is 12.5. The molecule has 0 amide bonds. The van der Waals surface area contributed by atoms with Crippen LogP contribution in [-0.2, 0) is 14.3 Å². The van der Waals surface area contributed by atoms with Crippen LogP contribution in [0.1, 0.15) is 237 Å². The van der Waals surface area contributed by atoms with Crippen LogP contribution < -0.4 is 0 Å². The Bertz CT molecular complexity index is 991. The summed E-state index contributed by atoms with van der Waals surface area (Å²) in [5.74, 6) is 0.483. The Morgan fingerprint density at radius 1 is 0.646 bits per heavy atom. The lowest BCUT2D eigenvalue weighted by Gasteiger charge is -2.31. The van der Waals surface area contributed by atoms with Gasteiger partial charge < -0.3 is 44.9 Å². The maximum absolute atomic E-state index is 12.5. The molecular weight excluding hydrogens is 837 g/mol. The van der Waals surface area contributed by atoms with Crippen molar-refractivity contribution in [1.82, 2.24) is 0 Å². The van der Waals surface area contributed by atoms with E-state index in [9.17, 15) is 20.1 Å². The minimum atomic E-state index is -1.44. The average Bonchev–Trinajstić information content (AvgIpc) is 3.60. The molecule has 0 aromatic carbocycles. The van der Waals surface area contributed by atoms with E-state index in [0.29, 0.717) is 6.42 Å². The molecule has 0 aliphatic carbocycles. The Balaban J connectivity index is -0.000000607. The van der Waals surface area contributed by atoms with Gasteiger partial charge in [0.15, 0.2) is 0 Å². The zero-order valence-electron chi connectivity index (χ0n) is 39.5. The molecule has 0 aromatic rings. The maximum Gasteiger partial charge on any atom is 0.305 e. The molecule has 392 valence electrons. The fourth-order valence-corrected chi connectivity index (χ4v) is 7.29. The van der Waals surface area contributed by atoms with Gasteiger partial charge in [-0.3, -0.25) is 4.79 Å². The van der Waals surface area contributed by atoms with Crippen molar-refractivity contribution in [2.75, 3.05) is 26.4 Å². The molecule has 0 radical (unpaired) electrons. The summed E-state index contributed by atoms with van der Waals surface area (Å²) in [7, 11) is -1.44. The van der Waals surface area contributed by atoms with Gasteiger partial charge in [-0.1, -0.05) is 196 Å². The van der Waals surface area contributed by atoms with Crippen LogP contribution >= 0.6 is 0 Å². The molecule has 7 N–H and O–H groups in total. The zero-order chi connectivity index (χ0) is 45.7. The number of unbranched alkanes of at least 4 members (excludes halogenated alkanes) is 20. The van der Waals surface area contributed by atoms with Gasteiger partial charge in [-0.15, -0.1) is 0 Å². The van der Waals surface area contributed by atoms with Crippen LogP contribution in [0.2, 0.25) is 6.55 Å². The molecule has 1 heterocycles. The number of allylic oxidation sites excluding steroid dienone is 6. The molecule has 0 saturated carbocycles. The van der Waals surface area contributed by atoms with Crippen LogP contribution in [0.25, 0.3) is 0 Å². The number of carbonyl (C=O) groups excluding carboxylic acids is 1. The molecule has 1 saturated heterocycles. The van der Waals surface area contributed by atoms with Gasteiger partial charge in [0.25, 0.3) is 8.65 Å². The zero-order valence-corrected chi connectivity index (χ0v) is 40.5. The second kappa shape index (κ2) is 56.5. The molecule has 1 fully saturated rings. The Hall–Kier alpha value is -1.86. The highest BCUT2D eigenvalue weighted by atomic mass is 28.3. The third-order valence-corrected chi connectivity index (χ3v) is 11.6. The molecule has 1 rings (SSSR count). The summed E-state index contributed by atoms with van der Waals surface area (Å²) >= 11 is 0. The average molecular weight is 950 g/mol. The Labute approximate surface area is 404 Å². The van der Waals surface area contributed by atoms with Crippen LogP contribution in [0.15, 0.2) is 36.5 Å². The molecule has 10 nitrogen and oxygen atoms in total. The first-order chi connectivity index (χ1) is 29.6. The van der Waals surface area contributed by atoms with Gasteiger partial charge in [0.1, 0.15) is 31.0 Å². The minimum Gasteiger partial charge on any atom is -0.564 e. The summed E-state index contributed by atoms with van der Waals surface area (Å²) < 4.78 is 10.6. The molecule has 1 aliphatic heterocycles. The van der Waals surface area contributed by atoms with Gasteiger partial charge >= 0.3 is 5.97 Å². The largest absolute Gasteiger partial charge is 0.564 e. The molecule has 0 spiro atoms. The van der Waals surface area contributed by atoms with E-state index < -0.39 is 33.1 Å². The van der Waals surface area contributed by atoms with Crippen molar-refractivity contribution < 1.29 is 49.7 Å². The van der Waals surface area contributed by atoms with E-state index >= 15 is 0 Å². The second-order valence-electron chi connectivity index (χ2n) is 17.1. The molecule has 11 heteroatoms. The molecule has 1 aliphatic rings. The topological polar surface area (TPSA) is 177 Å². The first-order valence-corrected chi connectivity index (χ1v) is 26.6. The van der Waals surface area contributed by atoms with Gasteiger partial charge in [-0.25, -0.2) is 0 Å². The van der Waals surface area contributed by atoms with Crippen molar-refractivity contribution in [3.63, 3.8) is 0 Å². The lowest BCUT2D eigenvalue weighted by Crippen LogP contribution is -2.41. The van der Waals surface area contributed by atoms with Crippen molar-refractivity contribution in [1.29, 1.82) is 0 Å². The second-order valence-corrected chi connectivity index (χ2v) is 18.6. The SMILES string of the molecule is C.C.C.C.C/[Si](O)=C\O.CCCCCCCCC=CCC(CC=CCCCCCCCC)(C/C=C/CCCCCCCC)CCCCCC(=O)OC[C@@H](O)C1OCC(O)C1O.OCCO. The predicted octanol–water partition coefficient (Wildman–Crippen LogP) is 12.9. The lowest BCUT2D eigenvalue weighted by atomic mass is 9.73. The lowest BCUT2D eigenvalue weighted by molar-refractivity contribution is -0.151. The third kappa shape index (κ3) is 48.4. The predicted molar refractivity (Wildman–Crippen MR) is 282 cm³/mol. The first-order valence-electron chi connectivity index (χ1n) is 24.6. The molecule has 65 heavy (non-hydrogen) atoms. The highest BCUT2D eigenvalue weighted by Gasteiger charge is 2.39. The summed E-state index contributed by atoms with van der Waals surface area (Å²) in [6.07, 6.45) is 45.4. The fraction of sp³-hybridized carbons (Fsp3) is 0.852. The first kappa shape index (κ1) is 74.7. The quantitative estimate of drug-likeness (QED) is 0.0137. The van der Waals surface area contributed by atoms with E-state index in [1.54, 1.807) is 6.55 Å². The normalized spacial score (nSPS) is 17.1. The van der Waals surface area contributed by atoms with E-state index in [0.717, 1.165) is 50.8 Å². The van der Waals surface area contributed by atoms with Crippen LogP contribution in [0.5, 0.6) is 0 Å². The molecule has 0 aromatic heterocycles. The van der Waals surface area contributed by atoms with E-state index in [2.05, 4.69) is 57.2 Å². The summed E-state index contributed by atoms with van der Waals surface area (Å²) in [6, 6.07) is 0. The van der Waals surface area contributed by atoms with Crippen LogP contribution in [0, 0.1) is 5.41 Å². The van der Waals surface area contributed by atoms with E-state index in [1.165, 1.54) is 135 Å². The monoisotopic (exact) mass is 949 g/mol. The standard InChI is InChI=1S/C46H84O6.C2H6O2Si.C2H6O2.4CH4/c1-4-7-10-13-16-19-22-25-30-35-46(36-31-26-23-20-17-14-11-8-5-2,37-32-27-24-21-18-15-12-9-6-3)38-33-28-29-34-43(49)51-40-42(48)45-44(50)41(47)39-52-45;1-5(4)2-3;3-1-2-4;;;;/h25-27,30-32,41-42,44-45,47-48,50H,4-24,28-29,33-40H2,1-3H3;2-4H,1H3;3-4H,1-2H2;4*1H4/b30-25+,31-26?,32-27?;5-2+;;;;;/t41?,42-,44?,45?,46?;;;;;;/m1....../s1. The Morgan fingerprint density at radius 3 is 1.35 bits per heavy atom. The minimum absolute atomic E-state index is 0. The van der Waals surface area contributed by atoms with Crippen molar-refractivity contribution in [3.05, 3.63) is 36.5 Å². The fourth-order valence-electron chi connectivity index (χ4n) is 7.29. The van der Waals surface area contributed by atoms with E-state index in [1.807, 2.05) is 0 Å². The number of hydrogen-bond donors (Lipinski definition) is 7. The van der Waals surface area contributed by atoms with Crippen molar-refractivity contribution in [3.8, 4) is 0 Å². The Morgan fingerprint density at radius 2 is 1.02 bits per heavy atom. The van der Waals surface area contributed by atoms with Gasteiger partial charge in [-0.2, -0.15) is 0 Å². The summed E-state index contributed by atoms with van der Waals surface area (Å²) in [6.45, 7) is 7.88. The smallest absolute Gasteiger partial charge is 0.305 e. The molecular formula is C54H112O10Si. The van der Waals surface area contributed by atoms with Crippen molar-refractivity contribution in [2.45, 2.75) is 268 Å². The van der Waals surface area contributed by atoms with E-state index in [-0.39, 0.29) is 67.5 Å². The van der Waals surface area contributed by atoms with Gasteiger partial charge in [0.05, 0.1) is 25.7 Å². The van der Waals surface area contributed by atoms with Crippen LogP contribution in [-0.4, -0.2) is 107 Å². The van der Waals surface area contributed by atoms with E-state index in [4.69, 9.17) is 29.6 Å². The van der Waals surface area contributed by atoms with Gasteiger partial charge in [0.2, 0.25) is 0 Å². The van der Waals surface area contributed by atoms with Crippen molar-refractivity contribution in [2.24, 2.45) is 5.41 Å². The summed E-state index contributed by atoms with van der Waals surface area (Å²) in [5, 5.41) is 53.0. The number of aliphatic hydroxyl groups excluding tert-OH is 6. The highest BCUT2D eigenvalue weighted by molar-refractivity contribution is 6.55. The number of carbonyl (C=O) groups is 1. The number of ether oxygens (including phenoxy) is 2.